The summed E-state index contributed by atoms with van der Waals surface area (Å²) in [5.74, 6) is 3.30. The van der Waals surface area contributed by atoms with Crippen LogP contribution in [0.5, 0.6) is 0 Å². The number of imidazole rings is 3. The number of aliphatic imine (C=N–C) groups is 1. The molecule has 7 N–H and O–H groups in total. The molecule has 3 atom stereocenters. The second kappa shape index (κ2) is 42.5. The minimum absolute atomic E-state index is 0.00853. The van der Waals surface area contributed by atoms with E-state index < -0.39 is 40.1 Å². The minimum atomic E-state index is -3.47. The molecule has 1 amide bonds. The number of fused-ring (bicyclic) bond motifs is 4. The fourth-order valence-corrected chi connectivity index (χ4v) is 18.8. The zero-order valence-electron chi connectivity index (χ0n) is 78.9. The van der Waals surface area contributed by atoms with E-state index in [1.807, 2.05) is 142 Å². The summed E-state index contributed by atoms with van der Waals surface area (Å²) in [5, 5.41) is 11.4. The molecule has 18 rings (SSSR count). The molecule has 0 spiro atoms. The number of hydrogen-bond donors (Lipinski definition) is 5. The van der Waals surface area contributed by atoms with Gasteiger partial charge in [0.25, 0.3) is 0 Å². The van der Waals surface area contributed by atoms with E-state index in [1.165, 1.54) is 64.2 Å². The number of primary amides is 1. The van der Waals surface area contributed by atoms with Gasteiger partial charge in [0.15, 0.2) is 16.9 Å². The molecule has 724 valence electrons. The Kier molecular flexibility index (Phi) is 32.0. The number of nitrogen functional groups attached to an aromatic ring is 1. The largest absolute Gasteiger partial charge is 0.397 e. The Hall–Kier alpha value is -10.7. The topological polar surface area (TPSA) is 434 Å². The molecule has 4 aromatic carbocycles. The lowest BCUT2D eigenvalue weighted by Gasteiger charge is -2.25. The number of ether oxygens (including phenoxy) is 3. The fraction of sp³-hybridized carbons (Fsp3) is 0.457. The van der Waals surface area contributed by atoms with Crippen molar-refractivity contribution in [2.24, 2.45) is 28.5 Å². The highest BCUT2D eigenvalue weighted by atomic mass is 35.5. The molecule has 3 aliphatic carbocycles. The SMILES string of the molecule is CC1=Nc2c(Nc3ccc(C)cc3N(C)S(C)(=O)=O)cc(CC(=O)C3CC3)nc2C1.Cc1ccc(N)c(N(C)S(C)(=O)=O)c1.Cc1ccc(Nc2cc(CC(=O)C3CC3)nc3c2nc(C)n3C2CCCCO2)c(N(C)S(C)(=O)=O)c1.Cc1ccc(Nc2cc(Cl)nc3c2nc(C)n3C2CCCCO2)c(N(C)S(C)(=O)=O)c1.Cc1nc2c(Cl)cc(Cl)nc2n1C1CCCCO1.NC(=O)C1CC1. The van der Waals surface area contributed by atoms with Crippen LogP contribution < -0.4 is 44.6 Å². The van der Waals surface area contributed by atoms with Crippen LogP contribution in [0.25, 0.3) is 33.5 Å². The maximum Gasteiger partial charge on any atom is 0.232 e. The van der Waals surface area contributed by atoms with Crippen molar-refractivity contribution in [1.82, 2.24) is 48.6 Å². The molecule has 4 aliphatic heterocycles. The van der Waals surface area contributed by atoms with E-state index in [9.17, 15) is 48.1 Å². The molecular weight excluding hydrogens is 1870 g/mol. The lowest BCUT2D eigenvalue weighted by molar-refractivity contribution is -0.120. The molecule has 11 heterocycles. The third-order valence-electron chi connectivity index (χ3n) is 24.1. The molecule has 0 bridgehead atoms. The standard InChI is InChI=1S/C26H33N5O4S.C22H26N4O3S.C21H26ClN5O3S.C12H13Cl2N3O.C9H14N2O2S.C4H7NO/c1-16-8-11-20(22(13-16)30(3)36(4,33)34)29-21-14-19(15-23(32)18-9-10-18)28-26-25(21)27-17(2)31(26)24-7-5-6-12-35-24;1-13-5-8-17(20(9-13)26(3)30(4,28)29)25-19-11-16(12-21(27)15-6-7-15)24-18-10-14(2)23-22(18)19;1-13-8-9-15(17(11-13)26(3)31(4,28)29)24-16-12-18(22)25-21-20(16)23-14(2)27(21)19-7-5-6-10-30-19;1-7-15-11-8(13)6-9(14)16-12(11)17(7)10-4-2-3-5-18-10;1-7-4-5-8(10)9(6-7)11(2)14(3,12)13;5-4(6)3-1-2-3/h8,11,13-14,18,24H,5-7,9-10,12,15H2,1-4H3,(H,28,29);5,8-9,11,15H,6-7,10,12H2,1-4H3,(H,24,25);8-9,11-12,19H,5-7,10H2,1-4H3,(H,24,25);6,10H,2-5H2,1H3;4-6H,10H2,1-3H3;3H,1-2H2,(H2,5,6). The van der Waals surface area contributed by atoms with Crippen molar-refractivity contribution in [2.75, 3.05) is 112 Å². The molecule has 3 unspecified atom stereocenters. The monoisotopic (exact) mass is 1980 g/mol. The predicted molar refractivity (Wildman–Crippen MR) is 536 cm³/mol. The second-order valence-electron chi connectivity index (χ2n) is 35.6. The number of carbonyl (C=O) groups excluding carboxylic acids is 3. The quantitative estimate of drug-likeness (QED) is 0.0277. The molecular formula is C94H119Cl3N20O14S4. The number of rotatable bonds is 24. The van der Waals surface area contributed by atoms with Crippen molar-refractivity contribution in [3.05, 3.63) is 169 Å². The van der Waals surface area contributed by atoms with Crippen LogP contribution in [-0.2, 0) is 87.9 Å². The average Bonchev–Trinajstić information content (AvgIpc) is 1.62. The number of aryl methyl sites for hydroxylation is 7. The molecule has 0 radical (unpaired) electrons. The number of Topliss-reactive ketones (excluding diaryl/α,β-unsaturated/α-hetero) is 2. The van der Waals surface area contributed by atoms with Gasteiger partial charge in [0.1, 0.15) is 80.3 Å². The normalized spacial score (nSPS) is 17.1. The van der Waals surface area contributed by atoms with E-state index in [1.54, 1.807) is 24.3 Å². The van der Waals surface area contributed by atoms with Gasteiger partial charge in [0, 0.05) is 96.8 Å². The van der Waals surface area contributed by atoms with Gasteiger partial charge in [-0.05, 0) is 241 Å². The summed E-state index contributed by atoms with van der Waals surface area (Å²) >= 11 is 18.5. The first-order valence-corrected chi connectivity index (χ1v) is 53.4. The van der Waals surface area contributed by atoms with Crippen LogP contribution in [0.2, 0.25) is 15.3 Å². The number of nitrogens with zero attached hydrogens (tertiary/aromatic N) is 15. The number of pyridine rings is 4. The van der Waals surface area contributed by atoms with Gasteiger partial charge in [-0.1, -0.05) is 59.1 Å². The molecule has 7 aromatic heterocycles. The summed E-state index contributed by atoms with van der Waals surface area (Å²) in [7, 11) is -7.49. The molecule has 3 saturated carbocycles. The number of aromatic nitrogens is 10. The van der Waals surface area contributed by atoms with Crippen molar-refractivity contribution < 1.29 is 62.3 Å². The van der Waals surface area contributed by atoms with E-state index in [-0.39, 0.29) is 60.3 Å². The van der Waals surface area contributed by atoms with E-state index in [2.05, 4.69) is 40.9 Å². The Bertz CT molecular complexity index is 6850. The second-order valence-corrected chi connectivity index (χ2v) is 44.8. The van der Waals surface area contributed by atoms with Gasteiger partial charge >= 0.3 is 0 Å². The zero-order chi connectivity index (χ0) is 97.8. The summed E-state index contributed by atoms with van der Waals surface area (Å²) < 4.78 is 125. The zero-order valence-corrected chi connectivity index (χ0v) is 84.4. The first kappa shape index (κ1) is 102. The summed E-state index contributed by atoms with van der Waals surface area (Å²) in [6.07, 6.45) is 20.8. The van der Waals surface area contributed by atoms with Crippen LogP contribution >= 0.6 is 34.8 Å². The number of sulfonamides is 4. The van der Waals surface area contributed by atoms with Crippen molar-refractivity contribution >= 4 is 200 Å². The van der Waals surface area contributed by atoms with Crippen molar-refractivity contribution in [2.45, 2.75) is 190 Å². The van der Waals surface area contributed by atoms with Crippen LogP contribution in [-0.4, -0.2) is 178 Å². The highest BCUT2D eigenvalue weighted by Crippen LogP contribution is 2.44. The van der Waals surface area contributed by atoms with Gasteiger partial charge in [-0.15, -0.1) is 0 Å². The molecule has 3 saturated heterocycles. The van der Waals surface area contributed by atoms with Gasteiger partial charge in [0.05, 0.1) is 110 Å². The lowest BCUT2D eigenvalue weighted by atomic mass is 10.1. The number of benzene rings is 4. The van der Waals surface area contributed by atoms with Gasteiger partial charge in [0.2, 0.25) is 46.0 Å². The number of anilines is 11. The smallest absolute Gasteiger partial charge is 0.232 e. The number of ketones is 2. The minimum Gasteiger partial charge on any atom is -0.397 e. The Balaban J connectivity index is 0.000000145. The van der Waals surface area contributed by atoms with Crippen molar-refractivity contribution in [1.29, 1.82) is 0 Å². The molecule has 34 nitrogen and oxygen atoms in total. The number of nitrogens with two attached hydrogens (primary N) is 2. The summed E-state index contributed by atoms with van der Waals surface area (Å²) in [6.45, 7) is 17.6. The third kappa shape index (κ3) is 25.6. The van der Waals surface area contributed by atoms with Gasteiger partial charge in [-0.25, -0.2) is 63.6 Å². The van der Waals surface area contributed by atoms with Crippen LogP contribution in [0.4, 0.5) is 68.2 Å². The Labute approximate surface area is 804 Å². The van der Waals surface area contributed by atoms with Gasteiger partial charge < -0.3 is 41.6 Å². The van der Waals surface area contributed by atoms with E-state index in [0.717, 1.165) is 177 Å². The summed E-state index contributed by atoms with van der Waals surface area (Å²) in [5.41, 5.74) is 28.9. The summed E-state index contributed by atoms with van der Waals surface area (Å²) in [4.78, 5) is 72.1. The van der Waals surface area contributed by atoms with E-state index >= 15 is 0 Å². The number of hydrogen-bond acceptors (Lipinski definition) is 26. The molecule has 7 aliphatic rings. The third-order valence-corrected chi connectivity index (χ3v) is 29.6. The first-order valence-electron chi connectivity index (χ1n) is 44.8. The predicted octanol–water partition coefficient (Wildman–Crippen LogP) is 17.2. The molecule has 11 aromatic rings. The maximum absolute atomic E-state index is 12.7. The average molecular weight is 1990 g/mol. The summed E-state index contributed by atoms with van der Waals surface area (Å²) in [6, 6.07) is 29.2. The van der Waals surface area contributed by atoms with Crippen LogP contribution in [0.15, 0.2) is 102 Å². The number of carbonyl (C=O) groups is 3. The number of amides is 1. The highest BCUT2D eigenvalue weighted by molar-refractivity contribution is 7.92. The fourth-order valence-electron chi connectivity index (χ4n) is 16.0. The molecule has 135 heavy (non-hydrogen) atoms. The highest BCUT2D eigenvalue weighted by Gasteiger charge is 2.35. The number of halogens is 3. The van der Waals surface area contributed by atoms with Gasteiger partial charge in [-0.2, -0.15) is 0 Å². The Morgan fingerprint density at radius 1 is 0.407 bits per heavy atom. The first-order chi connectivity index (χ1) is 63.7. The molecule has 41 heteroatoms. The Morgan fingerprint density at radius 3 is 1.13 bits per heavy atom. The van der Waals surface area contributed by atoms with Crippen LogP contribution in [0, 0.1) is 66.2 Å². The van der Waals surface area contributed by atoms with Crippen molar-refractivity contribution in [3.8, 4) is 0 Å². The van der Waals surface area contributed by atoms with Crippen molar-refractivity contribution in [3.63, 3.8) is 0 Å². The molecule has 6 fully saturated rings. The Morgan fingerprint density at radius 2 is 0.748 bits per heavy atom. The van der Waals surface area contributed by atoms with Crippen LogP contribution in [0.3, 0.4) is 0 Å². The lowest BCUT2D eigenvalue weighted by Crippen LogP contribution is -2.25. The van der Waals surface area contributed by atoms with Gasteiger partial charge in [-0.3, -0.25) is 55.3 Å². The van der Waals surface area contributed by atoms with E-state index in [4.69, 9.17) is 75.4 Å². The number of nitrogens with one attached hydrogen (secondary N) is 3. The maximum atomic E-state index is 12.7. The van der Waals surface area contributed by atoms with Crippen LogP contribution in [0.1, 0.15) is 179 Å². The van der Waals surface area contributed by atoms with E-state index in [0.29, 0.717) is 137 Å².